The molecule has 0 bridgehead atoms. The molecule has 0 heterocycles. The van der Waals surface area contributed by atoms with Crippen LogP contribution in [0.25, 0.3) is 0 Å². The van der Waals surface area contributed by atoms with Crippen molar-refractivity contribution in [1.29, 1.82) is 0 Å². The maximum Gasteiger partial charge on any atom is 0.244 e. The van der Waals surface area contributed by atoms with Crippen LogP contribution in [0.2, 0.25) is 0 Å². The van der Waals surface area contributed by atoms with Crippen molar-refractivity contribution >= 4 is 11.8 Å². The van der Waals surface area contributed by atoms with E-state index in [-0.39, 0.29) is 23.9 Å². The van der Waals surface area contributed by atoms with Crippen LogP contribution >= 0.6 is 0 Å². The first-order chi connectivity index (χ1) is 11.5. The van der Waals surface area contributed by atoms with Gasteiger partial charge in [0.15, 0.2) is 0 Å². The van der Waals surface area contributed by atoms with E-state index in [9.17, 15) is 9.59 Å². The van der Waals surface area contributed by atoms with Crippen LogP contribution in [-0.2, 0) is 9.59 Å². The number of amides is 2. The first kappa shape index (κ1) is 17.2. The van der Waals surface area contributed by atoms with E-state index >= 15 is 0 Å². The third-order valence-electron chi connectivity index (χ3n) is 5.58. The molecule has 0 aromatic heterocycles. The van der Waals surface area contributed by atoms with Crippen LogP contribution < -0.4 is 10.6 Å². The van der Waals surface area contributed by atoms with Crippen LogP contribution in [0.15, 0.2) is 23.3 Å². The molecule has 0 spiro atoms. The van der Waals surface area contributed by atoms with Crippen molar-refractivity contribution < 1.29 is 9.59 Å². The van der Waals surface area contributed by atoms with Gasteiger partial charge in [0, 0.05) is 24.2 Å². The Morgan fingerprint density at radius 2 is 1.00 bits per heavy atom. The predicted molar refractivity (Wildman–Crippen MR) is 95.3 cm³/mol. The van der Waals surface area contributed by atoms with Crippen LogP contribution in [0.1, 0.15) is 65.2 Å². The quantitative estimate of drug-likeness (QED) is 0.735. The Hall–Kier alpha value is -1.58. The van der Waals surface area contributed by atoms with Gasteiger partial charge in [-0.15, -0.1) is 0 Å². The van der Waals surface area contributed by atoms with E-state index in [4.69, 9.17) is 0 Å². The lowest BCUT2D eigenvalue weighted by Gasteiger charge is -2.29. The summed E-state index contributed by atoms with van der Waals surface area (Å²) in [5.41, 5.74) is 2.43. The Bertz CT molecular complexity index is 498. The summed E-state index contributed by atoms with van der Waals surface area (Å²) in [5.74, 6) is 1.40. The second kappa shape index (κ2) is 7.54. The lowest BCUT2D eigenvalue weighted by Crippen LogP contribution is -2.43. The fraction of sp³-hybridized carbons (Fsp3) is 0.700. The average molecular weight is 330 g/mol. The van der Waals surface area contributed by atoms with Crippen molar-refractivity contribution in [1.82, 2.24) is 10.6 Å². The van der Waals surface area contributed by atoms with Gasteiger partial charge in [0.2, 0.25) is 11.8 Å². The molecule has 24 heavy (non-hydrogen) atoms. The summed E-state index contributed by atoms with van der Waals surface area (Å²) >= 11 is 0. The topological polar surface area (TPSA) is 58.2 Å². The minimum absolute atomic E-state index is 0.0508. The van der Waals surface area contributed by atoms with Gasteiger partial charge in [-0.1, -0.05) is 11.1 Å². The van der Waals surface area contributed by atoms with E-state index in [0.29, 0.717) is 11.8 Å². The van der Waals surface area contributed by atoms with E-state index in [1.165, 1.54) is 36.8 Å². The monoisotopic (exact) mass is 330 g/mol. The van der Waals surface area contributed by atoms with Crippen LogP contribution in [0.4, 0.5) is 0 Å². The van der Waals surface area contributed by atoms with Gasteiger partial charge in [-0.25, -0.2) is 0 Å². The van der Waals surface area contributed by atoms with Crippen molar-refractivity contribution in [2.24, 2.45) is 11.8 Å². The normalized spacial score (nSPS) is 28.4. The largest absolute Gasteiger partial charge is 0.350 e. The highest BCUT2D eigenvalue weighted by atomic mass is 16.2. The summed E-state index contributed by atoms with van der Waals surface area (Å²) in [6.07, 6.45) is 12.2. The standard InChI is InChI=1S/C20H30N2O2/c1-13(15-3-4-15)11-19(23)21-17-7-9-18(10-8-17)22-20(24)12-14(2)16-5-6-16/h11-12,15-18H,3-10H2,1-2H3,(H,21,23)(H,22,24)/b13-11+,14-12+. The average Bonchev–Trinajstić information content (AvgIpc) is 3.40. The number of carbonyl (C=O) groups excluding carboxylic acids is 2. The molecule has 3 saturated carbocycles. The van der Waals surface area contributed by atoms with Gasteiger partial charge < -0.3 is 10.6 Å². The van der Waals surface area contributed by atoms with Gasteiger partial charge in [-0.2, -0.15) is 0 Å². The molecule has 132 valence electrons. The molecule has 3 aliphatic rings. The smallest absolute Gasteiger partial charge is 0.244 e. The van der Waals surface area contributed by atoms with Gasteiger partial charge in [0.25, 0.3) is 0 Å². The minimum Gasteiger partial charge on any atom is -0.350 e. The molecular formula is C20H30N2O2. The number of hydrogen-bond acceptors (Lipinski definition) is 2. The third kappa shape index (κ3) is 5.22. The molecule has 0 aliphatic heterocycles. The SMILES string of the molecule is C/C(=C\C(=O)NC1CCC(NC(=O)/C=C(\C)C2CC2)CC1)C1CC1. The third-order valence-corrected chi connectivity index (χ3v) is 5.58. The molecule has 0 aromatic carbocycles. The summed E-state index contributed by atoms with van der Waals surface area (Å²) < 4.78 is 0. The molecule has 3 aliphatic carbocycles. The Morgan fingerprint density at radius 3 is 1.29 bits per heavy atom. The molecule has 0 aromatic rings. The maximum atomic E-state index is 12.0. The zero-order chi connectivity index (χ0) is 17.1. The molecular weight excluding hydrogens is 300 g/mol. The van der Waals surface area contributed by atoms with Crippen molar-refractivity contribution in [2.45, 2.75) is 77.3 Å². The van der Waals surface area contributed by atoms with Crippen molar-refractivity contribution in [3.63, 3.8) is 0 Å². The number of rotatable bonds is 6. The Kier molecular flexibility index (Phi) is 5.42. The fourth-order valence-corrected chi connectivity index (χ4v) is 3.59. The van der Waals surface area contributed by atoms with Gasteiger partial charge in [0.05, 0.1) is 0 Å². The summed E-state index contributed by atoms with van der Waals surface area (Å²) in [5, 5.41) is 6.24. The predicted octanol–water partition coefficient (Wildman–Crippen LogP) is 3.24. The number of nitrogens with one attached hydrogen (secondary N) is 2. The Balaban J connectivity index is 1.37. The summed E-state index contributed by atoms with van der Waals surface area (Å²) in [4.78, 5) is 24.1. The van der Waals surface area contributed by atoms with E-state index in [0.717, 1.165) is 25.7 Å². The van der Waals surface area contributed by atoms with Crippen molar-refractivity contribution in [2.75, 3.05) is 0 Å². The second-order valence-electron chi connectivity index (χ2n) is 7.89. The Labute approximate surface area is 145 Å². The summed E-state index contributed by atoms with van der Waals surface area (Å²) in [7, 11) is 0. The van der Waals surface area contributed by atoms with Crippen LogP contribution in [0, 0.1) is 11.8 Å². The highest BCUT2D eigenvalue weighted by Gasteiger charge is 2.26. The Morgan fingerprint density at radius 1 is 0.667 bits per heavy atom. The number of carbonyl (C=O) groups is 2. The first-order valence-electron chi connectivity index (χ1n) is 9.48. The lowest BCUT2D eigenvalue weighted by molar-refractivity contribution is -0.119. The number of allylic oxidation sites excluding steroid dienone is 2. The van der Waals surface area contributed by atoms with Gasteiger partial charge >= 0.3 is 0 Å². The molecule has 2 N–H and O–H groups in total. The maximum absolute atomic E-state index is 12.0. The molecule has 0 unspecified atom stereocenters. The highest BCUT2D eigenvalue weighted by Crippen LogP contribution is 2.36. The van der Waals surface area contributed by atoms with E-state index < -0.39 is 0 Å². The molecule has 3 fully saturated rings. The molecule has 4 nitrogen and oxygen atoms in total. The van der Waals surface area contributed by atoms with E-state index in [1.54, 1.807) is 12.2 Å². The fourth-order valence-electron chi connectivity index (χ4n) is 3.59. The molecule has 2 amide bonds. The number of hydrogen-bond donors (Lipinski definition) is 2. The first-order valence-corrected chi connectivity index (χ1v) is 9.48. The highest BCUT2D eigenvalue weighted by molar-refractivity contribution is 5.89. The molecule has 0 saturated heterocycles. The van der Waals surface area contributed by atoms with Crippen LogP contribution in [0.3, 0.4) is 0 Å². The van der Waals surface area contributed by atoms with Crippen LogP contribution in [-0.4, -0.2) is 23.9 Å². The zero-order valence-corrected chi connectivity index (χ0v) is 14.9. The molecule has 0 radical (unpaired) electrons. The second-order valence-corrected chi connectivity index (χ2v) is 7.89. The molecule has 0 atom stereocenters. The van der Waals surface area contributed by atoms with Crippen molar-refractivity contribution in [3.05, 3.63) is 23.3 Å². The van der Waals surface area contributed by atoms with Crippen LogP contribution in [0.5, 0.6) is 0 Å². The van der Waals surface area contributed by atoms with E-state index in [2.05, 4.69) is 24.5 Å². The van der Waals surface area contributed by atoms with Gasteiger partial charge in [0.1, 0.15) is 0 Å². The summed E-state index contributed by atoms with van der Waals surface area (Å²) in [6.45, 7) is 4.11. The molecule has 4 heteroatoms. The minimum atomic E-state index is 0.0508. The molecule has 3 rings (SSSR count). The van der Waals surface area contributed by atoms with Gasteiger partial charge in [-0.3, -0.25) is 9.59 Å². The summed E-state index contributed by atoms with van der Waals surface area (Å²) in [6, 6.07) is 0.496. The van der Waals surface area contributed by atoms with Crippen molar-refractivity contribution in [3.8, 4) is 0 Å². The van der Waals surface area contributed by atoms with E-state index in [1.807, 2.05) is 0 Å². The lowest BCUT2D eigenvalue weighted by atomic mass is 9.91. The zero-order valence-electron chi connectivity index (χ0n) is 14.9. The van der Waals surface area contributed by atoms with Gasteiger partial charge in [-0.05, 0) is 77.0 Å².